The first-order chi connectivity index (χ1) is 15.6. The first-order valence-electron chi connectivity index (χ1n) is 11.0. The van der Waals surface area contributed by atoms with Crippen molar-refractivity contribution < 1.29 is 14.3 Å². The van der Waals surface area contributed by atoms with Gasteiger partial charge < -0.3 is 14.8 Å². The number of carbonyl (C=O) groups is 1. The minimum absolute atomic E-state index is 0.0115. The Labute approximate surface area is 186 Å². The van der Waals surface area contributed by atoms with Crippen LogP contribution in [0.4, 0.5) is 5.69 Å². The highest BCUT2D eigenvalue weighted by atomic mass is 16.5. The molecule has 4 rings (SSSR count). The van der Waals surface area contributed by atoms with Crippen LogP contribution in [0.25, 0.3) is 11.2 Å². The largest absolute Gasteiger partial charge is 0.475 e. The summed E-state index contributed by atoms with van der Waals surface area (Å²) in [6.07, 6.45) is 6.72. The van der Waals surface area contributed by atoms with Crippen molar-refractivity contribution in [3.63, 3.8) is 0 Å². The number of imidazole rings is 1. The van der Waals surface area contributed by atoms with Crippen molar-refractivity contribution in [1.29, 1.82) is 0 Å². The number of hydrogen-bond donors (Lipinski definition) is 1. The average molecular weight is 440 g/mol. The lowest BCUT2D eigenvalue weighted by Crippen LogP contribution is -2.31. The zero-order chi connectivity index (χ0) is 22.5. The van der Waals surface area contributed by atoms with E-state index in [0.717, 1.165) is 36.9 Å². The number of carbonyl (C=O) groups excluding carboxylic acids is 1. The summed E-state index contributed by atoms with van der Waals surface area (Å²) in [7, 11) is 3.38. The van der Waals surface area contributed by atoms with Gasteiger partial charge in [0.1, 0.15) is 6.61 Å². The van der Waals surface area contributed by atoms with Gasteiger partial charge in [0, 0.05) is 50.8 Å². The van der Waals surface area contributed by atoms with E-state index in [2.05, 4.69) is 15.3 Å². The summed E-state index contributed by atoms with van der Waals surface area (Å²) in [6, 6.07) is 7.21. The molecule has 3 heterocycles. The molecule has 1 amide bonds. The number of methoxy groups -OCH3 is 1. The van der Waals surface area contributed by atoms with Gasteiger partial charge in [0.15, 0.2) is 5.65 Å². The Bertz CT molecular complexity index is 1120. The molecule has 0 radical (unpaired) electrons. The van der Waals surface area contributed by atoms with Crippen LogP contribution in [-0.4, -0.2) is 45.3 Å². The maximum absolute atomic E-state index is 12.9. The van der Waals surface area contributed by atoms with E-state index in [1.54, 1.807) is 53.9 Å². The molecule has 3 aromatic rings. The van der Waals surface area contributed by atoms with Gasteiger partial charge in [-0.25, -0.2) is 4.79 Å². The highest BCUT2D eigenvalue weighted by Crippen LogP contribution is 2.31. The van der Waals surface area contributed by atoms with Gasteiger partial charge in [-0.15, -0.1) is 0 Å². The second-order valence-corrected chi connectivity index (χ2v) is 8.23. The average Bonchev–Trinajstić information content (AvgIpc) is 3.05. The number of amides is 1. The van der Waals surface area contributed by atoms with E-state index in [0.29, 0.717) is 37.2 Å². The third-order valence-electron chi connectivity index (χ3n) is 6.11. The summed E-state index contributed by atoms with van der Waals surface area (Å²) in [5.41, 5.74) is 2.09. The molecule has 170 valence electrons. The van der Waals surface area contributed by atoms with Crippen LogP contribution < -0.4 is 15.7 Å². The molecule has 0 atom stereocenters. The van der Waals surface area contributed by atoms with Crippen molar-refractivity contribution >= 4 is 22.8 Å². The number of pyridine rings is 2. The van der Waals surface area contributed by atoms with Crippen LogP contribution in [-0.2, 0) is 23.1 Å². The van der Waals surface area contributed by atoms with Crippen molar-refractivity contribution in [3.05, 3.63) is 47.1 Å². The summed E-state index contributed by atoms with van der Waals surface area (Å²) >= 11 is 0. The molecule has 1 N–H and O–H groups in total. The number of nitrogens with zero attached hydrogens (tertiary/aromatic N) is 4. The Morgan fingerprint density at radius 2 is 1.88 bits per heavy atom. The summed E-state index contributed by atoms with van der Waals surface area (Å²) in [4.78, 5) is 34.0. The molecule has 0 unspecified atom stereocenters. The maximum Gasteiger partial charge on any atom is 0.330 e. The van der Waals surface area contributed by atoms with E-state index >= 15 is 0 Å². The van der Waals surface area contributed by atoms with Gasteiger partial charge in [0.05, 0.1) is 12.1 Å². The predicted molar refractivity (Wildman–Crippen MR) is 121 cm³/mol. The number of aromatic nitrogens is 4. The van der Waals surface area contributed by atoms with Gasteiger partial charge in [-0.2, -0.15) is 4.98 Å². The van der Waals surface area contributed by atoms with Crippen LogP contribution >= 0.6 is 0 Å². The Balaban J connectivity index is 1.41. The highest BCUT2D eigenvalue weighted by molar-refractivity contribution is 5.92. The minimum Gasteiger partial charge on any atom is -0.475 e. The molecular weight excluding hydrogens is 410 g/mol. The van der Waals surface area contributed by atoms with Crippen LogP contribution in [0.15, 0.2) is 41.5 Å². The van der Waals surface area contributed by atoms with Crippen LogP contribution in [0.3, 0.4) is 0 Å². The lowest BCUT2D eigenvalue weighted by atomic mass is 9.81. The smallest absolute Gasteiger partial charge is 0.330 e. The first-order valence-corrected chi connectivity index (χ1v) is 11.0. The van der Waals surface area contributed by atoms with Gasteiger partial charge in [0.25, 0.3) is 0 Å². The van der Waals surface area contributed by atoms with Gasteiger partial charge in [-0.1, -0.05) is 0 Å². The van der Waals surface area contributed by atoms with E-state index in [-0.39, 0.29) is 17.5 Å². The van der Waals surface area contributed by atoms with Gasteiger partial charge in [-0.05, 0) is 49.8 Å². The zero-order valence-corrected chi connectivity index (χ0v) is 18.5. The summed E-state index contributed by atoms with van der Waals surface area (Å²) in [6.45, 7) is 1.46. The van der Waals surface area contributed by atoms with E-state index in [1.807, 2.05) is 6.07 Å². The topological polar surface area (TPSA) is 100 Å². The number of ether oxygens (including phenoxy) is 2. The Kier molecular flexibility index (Phi) is 6.84. The molecule has 0 aliphatic heterocycles. The highest BCUT2D eigenvalue weighted by Gasteiger charge is 2.27. The fourth-order valence-corrected chi connectivity index (χ4v) is 4.28. The van der Waals surface area contributed by atoms with Crippen LogP contribution in [0.1, 0.15) is 25.7 Å². The lowest BCUT2D eigenvalue weighted by molar-refractivity contribution is -0.121. The third-order valence-corrected chi connectivity index (χ3v) is 6.11. The van der Waals surface area contributed by atoms with Gasteiger partial charge in [-0.3, -0.25) is 18.9 Å². The molecule has 1 saturated carbocycles. The van der Waals surface area contributed by atoms with Gasteiger partial charge in [0.2, 0.25) is 11.8 Å². The molecule has 0 bridgehead atoms. The number of aryl methyl sites for hydroxylation is 1. The summed E-state index contributed by atoms with van der Waals surface area (Å²) < 4.78 is 14.0. The second-order valence-electron chi connectivity index (χ2n) is 8.23. The molecule has 1 aliphatic carbocycles. The van der Waals surface area contributed by atoms with Crippen molar-refractivity contribution in [2.45, 2.75) is 32.2 Å². The number of hydrogen-bond acceptors (Lipinski definition) is 6. The van der Waals surface area contributed by atoms with Gasteiger partial charge >= 0.3 is 5.69 Å². The molecule has 9 nitrogen and oxygen atoms in total. The summed E-state index contributed by atoms with van der Waals surface area (Å²) in [5.74, 6) is 0.840. The lowest BCUT2D eigenvalue weighted by Gasteiger charge is -2.27. The normalized spacial score (nSPS) is 18.6. The molecule has 1 aliphatic rings. The molecule has 0 aromatic carbocycles. The third kappa shape index (κ3) is 4.83. The van der Waals surface area contributed by atoms with E-state index in [1.165, 1.54) is 0 Å². The first kappa shape index (κ1) is 22.0. The molecule has 3 aromatic heterocycles. The SMILES string of the molecule is COCCOc1ccc2c(n1)n(CC1CCC(C(=O)Nc3ccncc3)CC1)c(=O)n2C. The molecule has 0 spiro atoms. The Hall–Kier alpha value is -3.20. The quantitative estimate of drug-likeness (QED) is 0.542. The fraction of sp³-hybridized carbons (Fsp3) is 0.478. The zero-order valence-electron chi connectivity index (χ0n) is 18.5. The molecule has 0 saturated heterocycles. The van der Waals surface area contributed by atoms with Crippen molar-refractivity contribution in [2.24, 2.45) is 18.9 Å². The van der Waals surface area contributed by atoms with Crippen LogP contribution in [0.5, 0.6) is 5.88 Å². The molecule has 9 heteroatoms. The Morgan fingerprint density at radius 1 is 1.12 bits per heavy atom. The van der Waals surface area contributed by atoms with Crippen molar-refractivity contribution in [3.8, 4) is 5.88 Å². The molecule has 1 fully saturated rings. The number of nitrogens with one attached hydrogen (secondary N) is 1. The van der Waals surface area contributed by atoms with Crippen LogP contribution in [0.2, 0.25) is 0 Å². The maximum atomic E-state index is 12.9. The molecular formula is C23H29N5O4. The van der Waals surface area contributed by atoms with E-state index in [4.69, 9.17) is 9.47 Å². The Morgan fingerprint density at radius 3 is 2.59 bits per heavy atom. The van der Waals surface area contributed by atoms with Crippen LogP contribution in [0, 0.1) is 11.8 Å². The summed E-state index contributed by atoms with van der Waals surface area (Å²) in [5, 5.41) is 2.97. The predicted octanol–water partition coefficient (Wildman–Crippen LogP) is 2.60. The number of rotatable bonds is 8. The standard InChI is InChI=1S/C23H29N5O4/c1-27-19-7-8-20(32-14-13-31-2)26-21(19)28(23(27)30)15-16-3-5-17(6-4-16)22(29)25-18-9-11-24-12-10-18/h7-12,16-17H,3-6,13-15H2,1-2H3,(H,24,25,29). The number of fused-ring (bicyclic) bond motifs is 1. The molecule has 32 heavy (non-hydrogen) atoms. The minimum atomic E-state index is -0.0842. The van der Waals surface area contributed by atoms with E-state index in [9.17, 15) is 9.59 Å². The fourth-order valence-electron chi connectivity index (χ4n) is 4.28. The van der Waals surface area contributed by atoms with Crippen molar-refractivity contribution in [2.75, 3.05) is 25.6 Å². The van der Waals surface area contributed by atoms with E-state index < -0.39 is 0 Å². The number of anilines is 1. The van der Waals surface area contributed by atoms with Crippen molar-refractivity contribution in [1.82, 2.24) is 19.1 Å². The second kappa shape index (κ2) is 9.95. The monoisotopic (exact) mass is 439 g/mol.